The van der Waals surface area contributed by atoms with Crippen LogP contribution >= 0.6 is 12.2 Å². The Hall–Kier alpha value is -1.44. The van der Waals surface area contributed by atoms with Crippen molar-refractivity contribution in [2.75, 3.05) is 19.7 Å². The van der Waals surface area contributed by atoms with Crippen molar-refractivity contribution < 1.29 is 13.9 Å². The first kappa shape index (κ1) is 15.0. The van der Waals surface area contributed by atoms with E-state index in [9.17, 15) is 4.79 Å². The van der Waals surface area contributed by atoms with E-state index in [-0.39, 0.29) is 18.1 Å². The number of carbonyl (C=O) groups is 1. The zero-order valence-electron chi connectivity index (χ0n) is 11.4. The molecule has 2 unspecified atom stereocenters. The normalized spacial score (nSPS) is 21.4. The molecule has 1 aromatic rings. The van der Waals surface area contributed by atoms with Crippen molar-refractivity contribution in [3.63, 3.8) is 0 Å². The Kier molecular flexibility index (Phi) is 5.11. The van der Waals surface area contributed by atoms with Crippen LogP contribution in [0.15, 0.2) is 22.8 Å². The van der Waals surface area contributed by atoms with Crippen molar-refractivity contribution in [3.8, 4) is 0 Å². The van der Waals surface area contributed by atoms with Gasteiger partial charge in [-0.05, 0) is 19.1 Å². The Balaban J connectivity index is 1.84. The molecule has 2 heterocycles. The third-order valence-corrected chi connectivity index (χ3v) is 3.62. The number of hydrogen-bond acceptors (Lipinski definition) is 5. The lowest BCUT2D eigenvalue weighted by Crippen LogP contribution is -2.54. The van der Waals surface area contributed by atoms with Crippen LogP contribution in [0, 0.1) is 0 Å². The summed E-state index contributed by atoms with van der Waals surface area (Å²) in [5, 5.41) is 2.85. The summed E-state index contributed by atoms with van der Waals surface area (Å²) in [4.78, 5) is 14.5. The summed E-state index contributed by atoms with van der Waals surface area (Å²) in [6.07, 6.45) is 1.30. The van der Waals surface area contributed by atoms with Gasteiger partial charge >= 0.3 is 0 Å². The van der Waals surface area contributed by atoms with Gasteiger partial charge in [0.05, 0.1) is 25.5 Å². The number of amides is 1. The monoisotopic (exact) mass is 297 g/mol. The standard InChI is InChI=1S/C13H19N3O3S/c1-9(13(17)15-7-10-3-2-5-18-10)16-4-6-19-11(8-16)12(14)20/h2-3,5,9,11H,4,6-8H2,1H3,(H2,14,20)(H,15,17). The minimum absolute atomic E-state index is 0.0509. The molecule has 0 bridgehead atoms. The Morgan fingerprint density at radius 3 is 3.15 bits per heavy atom. The molecule has 7 heteroatoms. The molecule has 1 aromatic heterocycles. The fourth-order valence-corrected chi connectivity index (χ4v) is 2.24. The summed E-state index contributed by atoms with van der Waals surface area (Å²) in [6.45, 7) is 4.01. The topological polar surface area (TPSA) is 80.7 Å². The third-order valence-electron chi connectivity index (χ3n) is 3.36. The van der Waals surface area contributed by atoms with Gasteiger partial charge in [-0.15, -0.1) is 0 Å². The number of thiocarbonyl (C=S) groups is 1. The Morgan fingerprint density at radius 1 is 1.70 bits per heavy atom. The van der Waals surface area contributed by atoms with Crippen molar-refractivity contribution in [1.82, 2.24) is 10.2 Å². The van der Waals surface area contributed by atoms with E-state index in [0.29, 0.717) is 31.2 Å². The molecule has 6 nitrogen and oxygen atoms in total. The van der Waals surface area contributed by atoms with Crippen LogP contribution < -0.4 is 11.1 Å². The summed E-state index contributed by atoms with van der Waals surface area (Å²) in [7, 11) is 0. The van der Waals surface area contributed by atoms with Crippen molar-refractivity contribution in [3.05, 3.63) is 24.2 Å². The maximum Gasteiger partial charge on any atom is 0.237 e. The number of nitrogens with one attached hydrogen (secondary N) is 1. The van der Waals surface area contributed by atoms with E-state index in [4.69, 9.17) is 27.1 Å². The molecule has 2 rings (SSSR count). The molecule has 1 amide bonds. The van der Waals surface area contributed by atoms with E-state index in [1.807, 2.05) is 17.9 Å². The predicted molar refractivity (Wildman–Crippen MR) is 78.1 cm³/mol. The van der Waals surface area contributed by atoms with Gasteiger partial charge in [-0.25, -0.2) is 0 Å². The van der Waals surface area contributed by atoms with Crippen molar-refractivity contribution in [2.45, 2.75) is 25.6 Å². The molecule has 0 aromatic carbocycles. The average Bonchev–Trinajstić information content (AvgIpc) is 2.97. The van der Waals surface area contributed by atoms with Crippen molar-refractivity contribution in [2.24, 2.45) is 5.73 Å². The number of rotatable bonds is 5. The van der Waals surface area contributed by atoms with Crippen LogP contribution in [0.4, 0.5) is 0 Å². The number of ether oxygens (including phenoxy) is 1. The second-order valence-electron chi connectivity index (χ2n) is 4.73. The van der Waals surface area contributed by atoms with Gasteiger partial charge in [0.25, 0.3) is 0 Å². The van der Waals surface area contributed by atoms with Gasteiger partial charge in [-0.1, -0.05) is 12.2 Å². The molecule has 110 valence electrons. The molecule has 1 fully saturated rings. The van der Waals surface area contributed by atoms with E-state index in [0.717, 1.165) is 5.76 Å². The number of furan rings is 1. The lowest BCUT2D eigenvalue weighted by molar-refractivity contribution is -0.128. The molecular formula is C13H19N3O3S. The summed E-state index contributed by atoms with van der Waals surface area (Å²) < 4.78 is 10.6. The van der Waals surface area contributed by atoms with Gasteiger partial charge in [0.2, 0.25) is 5.91 Å². The van der Waals surface area contributed by atoms with Gasteiger partial charge in [-0.3, -0.25) is 9.69 Å². The molecule has 0 spiro atoms. The zero-order valence-corrected chi connectivity index (χ0v) is 12.2. The minimum Gasteiger partial charge on any atom is -0.467 e. The highest BCUT2D eigenvalue weighted by atomic mass is 32.1. The summed E-state index contributed by atoms with van der Waals surface area (Å²) >= 11 is 4.94. The van der Waals surface area contributed by atoms with Gasteiger partial charge in [0.1, 0.15) is 16.9 Å². The second kappa shape index (κ2) is 6.83. The Bertz CT molecular complexity index is 463. The first-order valence-electron chi connectivity index (χ1n) is 6.53. The Morgan fingerprint density at radius 2 is 2.50 bits per heavy atom. The third kappa shape index (κ3) is 3.78. The molecule has 3 N–H and O–H groups in total. The van der Waals surface area contributed by atoms with Crippen LogP contribution in [0.5, 0.6) is 0 Å². The molecule has 1 aliphatic heterocycles. The highest BCUT2D eigenvalue weighted by Gasteiger charge is 2.28. The summed E-state index contributed by atoms with van der Waals surface area (Å²) in [6, 6.07) is 3.35. The number of morpholine rings is 1. The van der Waals surface area contributed by atoms with Gasteiger partial charge in [0.15, 0.2) is 0 Å². The molecule has 0 aliphatic carbocycles. The SMILES string of the molecule is CC(C(=O)NCc1ccco1)N1CCOC(C(N)=S)C1. The first-order valence-corrected chi connectivity index (χ1v) is 6.94. The molecule has 0 saturated carbocycles. The van der Waals surface area contributed by atoms with Crippen LogP contribution in [0.25, 0.3) is 0 Å². The van der Waals surface area contributed by atoms with Crippen molar-refractivity contribution in [1.29, 1.82) is 0 Å². The number of nitrogens with two attached hydrogens (primary N) is 1. The maximum atomic E-state index is 12.1. The zero-order chi connectivity index (χ0) is 14.5. The first-order chi connectivity index (χ1) is 9.58. The quantitative estimate of drug-likeness (QED) is 0.760. The molecule has 1 saturated heterocycles. The van der Waals surface area contributed by atoms with Gasteiger partial charge in [-0.2, -0.15) is 0 Å². The predicted octanol–water partition coefficient (Wildman–Crippen LogP) is 0.271. The molecule has 20 heavy (non-hydrogen) atoms. The maximum absolute atomic E-state index is 12.1. The fourth-order valence-electron chi connectivity index (χ4n) is 2.09. The lowest BCUT2D eigenvalue weighted by Gasteiger charge is -2.35. The molecular weight excluding hydrogens is 278 g/mol. The molecule has 2 atom stereocenters. The smallest absolute Gasteiger partial charge is 0.237 e. The van der Waals surface area contributed by atoms with Gasteiger partial charge in [0, 0.05) is 13.1 Å². The average molecular weight is 297 g/mol. The largest absolute Gasteiger partial charge is 0.467 e. The van der Waals surface area contributed by atoms with E-state index < -0.39 is 0 Å². The van der Waals surface area contributed by atoms with Crippen LogP contribution in [-0.2, 0) is 16.1 Å². The van der Waals surface area contributed by atoms with E-state index in [1.165, 1.54) is 0 Å². The number of carbonyl (C=O) groups excluding carboxylic acids is 1. The van der Waals surface area contributed by atoms with E-state index in [2.05, 4.69) is 5.32 Å². The van der Waals surface area contributed by atoms with Crippen LogP contribution in [0.3, 0.4) is 0 Å². The number of hydrogen-bond donors (Lipinski definition) is 2. The summed E-state index contributed by atoms with van der Waals surface area (Å²) in [5.74, 6) is 0.679. The van der Waals surface area contributed by atoms with Crippen LogP contribution in [0.2, 0.25) is 0 Å². The van der Waals surface area contributed by atoms with E-state index in [1.54, 1.807) is 12.3 Å². The molecule has 0 radical (unpaired) electrons. The second-order valence-corrected chi connectivity index (χ2v) is 5.20. The van der Waals surface area contributed by atoms with E-state index >= 15 is 0 Å². The van der Waals surface area contributed by atoms with Gasteiger partial charge < -0.3 is 20.2 Å². The highest BCUT2D eigenvalue weighted by molar-refractivity contribution is 7.80. The highest BCUT2D eigenvalue weighted by Crippen LogP contribution is 2.10. The fraction of sp³-hybridized carbons (Fsp3) is 0.538. The summed E-state index contributed by atoms with van der Waals surface area (Å²) in [5.41, 5.74) is 5.60. The minimum atomic E-state index is -0.279. The number of nitrogens with zero attached hydrogens (tertiary/aromatic N) is 1. The van der Waals surface area contributed by atoms with Crippen LogP contribution in [0.1, 0.15) is 12.7 Å². The van der Waals surface area contributed by atoms with Crippen molar-refractivity contribution >= 4 is 23.1 Å². The lowest BCUT2D eigenvalue weighted by atomic mass is 10.2. The Labute approximate surface area is 123 Å². The van der Waals surface area contributed by atoms with Crippen LogP contribution in [-0.4, -0.2) is 47.6 Å². The molecule has 1 aliphatic rings.